The second-order valence-electron chi connectivity index (χ2n) is 6.45. The van der Waals surface area contributed by atoms with Crippen molar-refractivity contribution in [3.05, 3.63) is 16.1 Å². The van der Waals surface area contributed by atoms with Gasteiger partial charge in [-0.3, -0.25) is 9.69 Å². The molecule has 0 bridgehead atoms. The van der Waals surface area contributed by atoms with Crippen molar-refractivity contribution < 1.29 is 4.79 Å². The molecule has 1 aromatic rings. The molecule has 1 fully saturated rings. The van der Waals surface area contributed by atoms with Crippen molar-refractivity contribution in [1.82, 2.24) is 14.8 Å². The number of nitrogens with zero attached hydrogens (tertiary/aromatic N) is 3. The van der Waals surface area contributed by atoms with Crippen LogP contribution in [0.25, 0.3) is 0 Å². The number of amides is 1. The zero-order valence-electron chi connectivity index (χ0n) is 14.0. The van der Waals surface area contributed by atoms with Gasteiger partial charge in [0, 0.05) is 38.1 Å². The van der Waals surface area contributed by atoms with Gasteiger partial charge < -0.3 is 10.6 Å². The fraction of sp³-hybridized carbons (Fsp3) is 0.750. The van der Waals surface area contributed by atoms with Crippen LogP contribution in [0.1, 0.15) is 43.8 Å². The zero-order chi connectivity index (χ0) is 16.2. The van der Waals surface area contributed by atoms with E-state index < -0.39 is 5.54 Å². The molecule has 1 aromatic heterocycles. The zero-order valence-corrected chi connectivity index (χ0v) is 14.8. The van der Waals surface area contributed by atoms with Crippen LogP contribution in [0.4, 0.5) is 0 Å². The van der Waals surface area contributed by atoms with Crippen molar-refractivity contribution in [2.75, 3.05) is 26.2 Å². The molecule has 1 aliphatic rings. The SMILES string of the molecule is CCCC(C)(N)C(=O)N1CCCN(Cc2csc(C)n2)CC1. The standard InChI is InChI=1S/C16H28N4OS/c1-4-6-16(3,17)15(21)20-8-5-7-19(9-10-20)11-14-12-22-13(2)18-14/h12H,4-11,17H2,1-3H3. The first-order valence-electron chi connectivity index (χ1n) is 8.14. The Hall–Kier alpha value is -0.980. The van der Waals surface area contributed by atoms with Gasteiger partial charge in [0.2, 0.25) is 5.91 Å². The van der Waals surface area contributed by atoms with Crippen LogP contribution in [0.5, 0.6) is 0 Å². The van der Waals surface area contributed by atoms with Gasteiger partial charge in [-0.2, -0.15) is 0 Å². The number of hydrogen-bond acceptors (Lipinski definition) is 5. The molecular formula is C16H28N4OS. The first-order valence-corrected chi connectivity index (χ1v) is 9.02. The Morgan fingerprint density at radius 3 is 2.82 bits per heavy atom. The maximum Gasteiger partial charge on any atom is 0.242 e. The van der Waals surface area contributed by atoms with Crippen molar-refractivity contribution in [3.8, 4) is 0 Å². The van der Waals surface area contributed by atoms with Gasteiger partial charge >= 0.3 is 0 Å². The van der Waals surface area contributed by atoms with E-state index in [1.54, 1.807) is 11.3 Å². The summed E-state index contributed by atoms with van der Waals surface area (Å²) in [6, 6.07) is 0. The van der Waals surface area contributed by atoms with Gasteiger partial charge in [0.15, 0.2) is 0 Å². The first kappa shape index (κ1) is 17.4. The van der Waals surface area contributed by atoms with Crippen LogP contribution in [0.2, 0.25) is 0 Å². The Labute approximate surface area is 137 Å². The molecule has 0 spiro atoms. The van der Waals surface area contributed by atoms with E-state index in [4.69, 9.17) is 5.73 Å². The minimum Gasteiger partial charge on any atom is -0.340 e. The lowest BCUT2D eigenvalue weighted by molar-refractivity contribution is -0.136. The van der Waals surface area contributed by atoms with Crippen molar-refractivity contribution in [1.29, 1.82) is 0 Å². The van der Waals surface area contributed by atoms with Crippen LogP contribution in [0.3, 0.4) is 0 Å². The molecule has 2 rings (SSSR count). The fourth-order valence-electron chi connectivity index (χ4n) is 3.03. The summed E-state index contributed by atoms with van der Waals surface area (Å²) in [5.74, 6) is 0.0979. The highest BCUT2D eigenvalue weighted by Gasteiger charge is 2.32. The smallest absolute Gasteiger partial charge is 0.242 e. The van der Waals surface area contributed by atoms with Crippen molar-refractivity contribution in [2.45, 2.75) is 52.1 Å². The van der Waals surface area contributed by atoms with E-state index in [-0.39, 0.29) is 5.91 Å². The quantitative estimate of drug-likeness (QED) is 0.900. The maximum absolute atomic E-state index is 12.6. The lowest BCUT2D eigenvalue weighted by Gasteiger charge is -2.31. The van der Waals surface area contributed by atoms with E-state index in [2.05, 4.69) is 22.2 Å². The van der Waals surface area contributed by atoms with E-state index in [1.807, 2.05) is 18.7 Å². The molecule has 0 aliphatic carbocycles. The highest BCUT2D eigenvalue weighted by molar-refractivity contribution is 7.09. The predicted octanol–water partition coefficient (Wildman–Crippen LogP) is 2.00. The summed E-state index contributed by atoms with van der Waals surface area (Å²) in [5.41, 5.74) is 6.61. The molecule has 1 aliphatic heterocycles. The molecule has 6 heteroatoms. The minimum absolute atomic E-state index is 0.0979. The summed E-state index contributed by atoms with van der Waals surface area (Å²) in [6.45, 7) is 10.3. The lowest BCUT2D eigenvalue weighted by atomic mass is 9.95. The third-order valence-corrected chi connectivity index (χ3v) is 5.01. The van der Waals surface area contributed by atoms with E-state index in [0.717, 1.165) is 62.7 Å². The van der Waals surface area contributed by atoms with Crippen LogP contribution < -0.4 is 5.73 Å². The molecule has 1 atom stereocenters. The highest BCUT2D eigenvalue weighted by atomic mass is 32.1. The summed E-state index contributed by atoms with van der Waals surface area (Å²) in [5, 5.41) is 3.24. The molecule has 2 heterocycles. The number of thiazole rings is 1. The molecule has 1 saturated heterocycles. The van der Waals surface area contributed by atoms with Gasteiger partial charge in [-0.05, 0) is 26.7 Å². The number of hydrogen-bond donors (Lipinski definition) is 1. The Balaban J connectivity index is 1.90. The molecule has 0 aromatic carbocycles. The number of nitrogens with two attached hydrogens (primary N) is 1. The number of carbonyl (C=O) groups excluding carboxylic acids is 1. The summed E-state index contributed by atoms with van der Waals surface area (Å²) in [7, 11) is 0. The largest absolute Gasteiger partial charge is 0.340 e. The van der Waals surface area contributed by atoms with E-state index in [0.29, 0.717) is 0 Å². The van der Waals surface area contributed by atoms with Crippen LogP contribution in [-0.4, -0.2) is 52.4 Å². The normalized spacial score (nSPS) is 19.7. The van der Waals surface area contributed by atoms with Gasteiger partial charge in [0.25, 0.3) is 0 Å². The first-order chi connectivity index (χ1) is 10.4. The molecule has 5 nitrogen and oxygen atoms in total. The molecule has 2 N–H and O–H groups in total. The van der Waals surface area contributed by atoms with Crippen LogP contribution in [0, 0.1) is 6.92 Å². The second kappa shape index (κ2) is 7.53. The average molecular weight is 324 g/mol. The van der Waals surface area contributed by atoms with Gasteiger partial charge in [-0.1, -0.05) is 13.3 Å². The van der Waals surface area contributed by atoms with Crippen molar-refractivity contribution in [2.24, 2.45) is 5.73 Å². The fourth-order valence-corrected chi connectivity index (χ4v) is 3.63. The second-order valence-corrected chi connectivity index (χ2v) is 7.51. The van der Waals surface area contributed by atoms with Crippen LogP contribution >= 0.6 is 11.3 Å². The molecule has 1 amide bonds. The predicted molar refractivity (Wildman–Crippen MR) is 90.8 cm³/mol. The molecule has 1 unspecified atom stereocenters. The van der Waals surface area contributed by atoms with E-state index in [1.165, 1.54) is 0 Å². The molecule has 0 radical (unpaired) electrons. The lowest BCUT2D eigenvalue weighted by Crippen LogP contribution is -2.53. The monoisotopic (exact) mass is 324 g/mol. The Morgan fingerprint density at radius 1 is 1.41 bits per heavy atom. The van der Waals surface area contributed by atoms with Gasteiger partial charge in [0.05, 0.1) is 16.2 Å². The topological polar surface area (TPSA) is 62.5 Å². The highest BCUT2D eigenvalue weighted by Crippen LogP contribution is 2.16. The van der Waals surface area contributed by atoms with E-state index >= 15 is 0 Å². The van der Waals surface area contributed by atoms with Crippen molar-refractivity contribution >= 4 is 17.2 Å². The molecule has 22 heavy (non-hydrogen) atoms. The maximum atomic E-state index is 12.6. The summed E-state index contributed by atoms with van der Waals surface area (Å²) >= 11 is 1.69. The van der Waals surface area contributed by atoms with Gasteiger partial charge in [-0.15, -0.1) is 11.3 Å². The van der Waals surface area contributed by atoms with E-state index in [9.17, 15) is 4.79 Å². The Morgan fingerprint density at radius 2 is 2.18 bits per heavy atom. The van der Waals surface area contributed by atoms with Crippen LogP contribution in [0.15, 0.2) is 5.38 Å². The van der Waals surface area contributed by atoms with Crippen LogP contribution in [-0.2, 0) is 11.3 Å². The summed E-state index contributed by atoms with van der Waals surface area (Å²) < 4.78 is 0. The minimum atomic E-state index is -0.726. The number of aromatic nitrogens is 1. The number of carbonyl (C=O) groups is 1. The van der Waals surface area contributed by atoms with Crippen molar-refractivity contribution in [3.63, 3.8) is 0 Å². The Kier molecular flexibility index (Phi) is 5.94. The van der Waals surface area contributed by atoms with Gasteiger partial charge in [0.1, 0.15) is 0 Å². The summed E-state index contributed by atoms with van der Waals surface area (Å²) in [4.78, 5) is 21.5. The molecular weight excluding hydrogens is 296 g/mol. The number of aryl methyl sites for hydroxylation is 1. The molecule has 124 valence electrons. The van der Waals surface area contributed by atoms with Gasteiger partial charge in [-0.25, -0.2) is 4.98 Å². The third kappa shape index (κ3) is 4.51. The Bertz CT molecular complexity index is 500. The third-order valence-electron chi connectivity index (χ3n) is 4.19. The average Bonchev–Trinajstić information content (AvgIpc) is 2.72. The molecule has 0 saturated carbocycles. The number of rotatable bonds is 5. The summed E-state index contributed by atoms with van der Waals surface area (Å²) in [6.07, 6.45) is 2.67.